The van der Waals surface area contributed by atoms with Crippen LogP contribution in [0.1, 0.15) is 17.3 Å². The van der Waals surface area contributed by atoms with Gasteiger partial charge in [-0.1, -0.05) is 12.1 Å². The summed E-state index contributed by atoms with van der Waals surface area (Å²) in [5, 5.41) is 3.84. The summed E-state index contributed by atoms with van der Waals surface area (Å²) in [7, 11) is 0. The molecule has 1 aromatic carbocycles. The Morgan fingerprint density at radius 1 is 1.21 bits per heavy atom. The SMILES string of the molecule is CC(=O)c1c(=O)c2cnc(N3CC4CNCC4C3)nc2n2c1sc1ccccc12. The molecule has 2 unspecified atom stereocenters. The molecule has 0 bridgehead atoms. The van der Waals surface area contributed by atoms with E-state index in [1.165, 1.54) is 18.3 Å². The Morgan fingerprint density at radius 2 is 1.97 bits per heavy atom. The monoisotopic (exact) mass is 405 g/mol. The lowest BCUT2D eigenvalue weighted by atomic mass is 10.0. The average Bonchev–Trinajstić information content (AvgIpc) is 3.40. The van der Waals surface area contributed by atoms with Gasteiger partial charge in [-0.3, -0.25) is 14.0 Å². The van der Waals surface area contributed by atoms with E-state index in [1.807, 2.05) is 28.7 Å². The van der Waals surface area contributed by atoms with Gasteiger partial charge in [0, 0.05) is 32.4 Å². The van der Waals surface area contributed by atoms with E-state index in [-0.39, 0.29) is 16.8 Å². The topological polar surface area (TPSA) is 79.6 Å². The molecule has 2 aliphatic heterocycles. The predicted octanol–water partition coefficient (Wildman–Crippen LogP) is 2.32. The lowest BCUT2D eigenvalue weighted by Crippen LogP contribution is -2.27. The van der Waals surface area contributed by atoms with Gasteiger partial charge < -0.3 is 10.2 Å². The molecule has 2 atom stereocenters. The van der Waals surface area contributed by atoms with Crippen molar-refractivity contribution in [1.29, 1.82) is 0 Å². The van der Waals surface area contributed by atoms with Crippen LogP contribution in [0.25, 0.3) is 26.1 Å². The van der Waals surface area contributed by atoms with Crippen LogP contribution in [-0.4, -0.2) is 46.3 Å². The second kappa shape index (κ2) is 6.08. The molecule has 0 radical (unpaired) electrons. The summed E-state index contributed by atoms with van der Waals surface area (Å²) in [5.41, 5.74) is 1.46. The number of carbonyl (C=O) groups excluding carboxylic acids is 1. The van der Waals surface area contributed by atoms with Gasteiger partial charge in [-0.05, 0) is 30.9 Å². The first kappa shape index (κ1) is 17.1. The van der Waals surface area contributed by atoms with E-state index in [0.29, 0.717) is 33.6 Å². The van der Waals surface area contributed by atoms with Crippen molar-refractivity contribution >= 4 is 49.1 Å². The molecular formula is C21H19N5O2S. The normalized spacial score (nSPS) is 21.5. The Morgan fingerprint density at radius 3 is 2.72 bits per heavy atom. The van der Waals surface area contributed by atoms with E-state index in [0.717, 1.165) is 36.4 Å². The lowest BCUT2D eigenvalue weighted by molar-refractivity contribution is 0.101. The zero-order chi connectivity index (χ0) is 19.7. The third-order valence-corrected chi connectivity index (χ3v) is 7.34. The molecule has 4 aromatic rings. The molecular weight excluding hydrogens is 386 g/mol. The van der Waals surface area contributed by atoms with Crippen molar-refractivity contribution in [3.63, 3.8) is 0 Å². The minimum Gasteiger partial charge on any atom is -0.340 e. The van der Waals surface area contributed by atoms with Crippen molar-refractivity contribution in [1.82, 2.24) is 19.7 Å². The van der Waals surface area contributed by atoms with Gasteiger partial charge >= 0.3 is 0 Å². The number of Topliss-reactive ketones (excluding diaryl/α,β-unsaturated/α-hetero) is 1. The minimum absolute atomic E-state index is 0.219. The van der Waals surface area contributed by atoms with Crippen molar-refractivity contribution < 1.29 is 4.79 Å². The number of ketones is 1. The summed E-state index contributed by atoms with van der Waals surface area (Å²) in [4.78, 5) is 37.7. The Hall–Kier alpha value is -2.84. The first-order valence-electron chi connectivity index (χ1n) is 9.81. The minimum atomic E-state index is -0.284. The molecule has 3 aromatic heterocycles. The fraction of sp³-hybridized carbons (Fsp3) is 0.333. The molecule has 6 rings (SSSR count). The van der Waals surface area contributed by atoms with Crippen LogP contribution in [0.4, 0.5) is 5.95 Å². The van der Waals surface area contributed by atoms with Crippen LogP contribution < -0.4 is 15.6 Å². The summed E-state index contributed by atoms with van der Waals surface area (Å²) in [6.07, 6.45) is 1.59. The summed E-state index contributed by atoms with van der Waals surface area (Å²) in [6, 6.07) is 7.93. The maximum Gasteiger partial charge on any atom is 0.227 e. The van der Waals surface area contributed by atoms with Gasteiger partial charge in [-0.25, -0.2) is 4.98 Å². The van der Waals surface area contributed by atoms with Crippen LogP contribution in [0, 0.1) is 11.8 Å². The molecule has 0 spiro atoms. The molecule has 0 saturated carbocycles. The van der Waals surface area contributed by atoms with Crippen molar-refractivity contribution in [2.75, 3.05) is 31.1 Å². The van der Waals surface area contributed by atoms with Crippen LogP contribution in [0.15, 0.2) is 35.3 Å². The molecule has 29 heavy (non-hydrogen) atoms. The van der Waals surface area contributed by atoms with Gasteiger partial charge in [0.2, 0.25) is 11.4 Å². The Labute approximate surface area is 170 Å². The maximum absolute atomic E-state index is 13.1. The number of aromatic nitrogens is 3. The second-order valence-electron chi connectivity index (χ2n) is 7.96. The van der Waals surface area contributed by atoms with Crippen molar-refractivity contribution in [2.45, 2.75) is 6.92 Å². The number of anilines is 1. The number of nitrogens with zero attached hydrogens (tertiary/aromatic N) is 4. The van der Waals surface area contributed by atoms with Crippen molar-refractivity contribution in [2.24, 2.45) is 11.8 Å². The molecule has 0 aliphatic carbocycles. The van der Waals surface area contributed by atoms with E-state index in [9.17, 15) is 9.59 Å². The van der Waals surface area contributed by atoms with E-state index in [1.54, 1.807) is 6.20 Å². The summed E-state index contributed by atoms with van der Waals surface area (Å²) >= 11 is 1.46. The van der Waals surface area contributed by atoms with Gasteiger partial charge in [0.05, 0.1) is 21.2 Å². The van der Waals surface area contributed by atoms with E-state index >= 15 is 0 Å². The van der Waals surface area contributed by atoms with Gasteiger partial charge in [-0.15, -0.1) is 11.3 Å². The largest absolute Gasteiger partial charge is 0.340 e. The summed E-state index contributed by atoms with van der Waals surface area (Å²) in [5.74, 6) is 1.68. The molecule has 8 heteroatoms. The van der Waals surface area contributed by atoms with Crippen LogP contribution in [0.3, 0.4) is 0 Å². The highest BCUT2D eigenvalue weighted by atomic mass is 32.1. The standard InChI is InChI=1S/C21H19N5O2S/c1-11(27)17-18(28)14-8-23-21(25-9-12-6-22-7-13(12)10-25)24-19(14)26-15-4-2-3-5-16(15)29-20(17)26/h2-5,8,12-13,22H,6-7,9-10H2,1H3. The highest BCUT2D eigenvalue weighted by Gasteiger charge is 2.37. The smallest absolute Gasteiger partial charge is 0.227 e. The number of pyridine rings is 1. The number of para-hydroxylation sites is 1. The second-order valence-corrected chi connectivity index (χ2v) is 8.99. The molecule has 0 amide bonds. The molecule has 146 valence electrons. The number of hydrogen-bond donors (Lipinski definition) is 1. The van der Waals surface area contributed by atoms with Crippen LogP contribution >= 0.6 is 11.3 Å². The quantitative estimate of drug-likeness (QED) is 0.516. The Kier molecular flexibility index (Phi) is 3.57. The number of hydrogen-bond acceptors (Lipinski definition) is 7. The van der Waals surface area contributed by atoms with Crippen LogP contribution in [0.5, 0.6) is 0 Å². The fourth-order valence-electron chi connectivity index (χ4n) is 4.77. The molecule has 5 heterocycles. The number of fused-ring (bicyclic) bond motifs is 6. The Bertz CT molecular complexity index is 1360. The molecule has 7 nitrogen and oxygen atoms in total. The average molecular weight is 405 g/mol. The van der Waals surface area contributed by atoms with Gasteiger partial charge in [0.25, 0.3) is 0 Å². The van der Waals surface area contributed by atoms with Gasteiger partial charge in [0.1, 0.15) is 4.83 Å². The van der Waals surface area contributed by atoms with Crippen LogP contribution in [0.2, 0.25) is 0 Å². The zero-order valence-corrected chi connectivity index (χ0v) is 16.7. The van der Waals surface area contributed by atoms with Crippen molar-refractivity contribution in [3.8, 4) is 0 Å². The van der Waals surface area contributed by atoms with Gasteiger partial charge in [-0.2, -0.15) is 4.98 Å². The molecule has 1 N–H and O–H groups in total. The third-order valence-electron chi connectivity index (χ3n) is 6.19. The maximum atomic E-state index is 13.1. The number of rotatable bonds is 2. The highest BCUT2D eigenvalue weighted by molar-refractivity contribution is 7.24. The zero-order valence-electron chi connectivity index (χ0n) is 15.9. The first-order valence-corrected chi connectivity index (χ1v) is 10.6. The number of carbonyl (C=O) groups is 1. The predicted molar refractivity (Wildman–Crippen MR) is 114 cm³/mol. The fourth-order valence-corrected chi connectivity index (χ4v) is 6.00. The molecule has 2 aliphatic rings. The molecule has 2 fully saturated rings. The number of benzene rings is 1. The summed E-state index contributed by atoms with van der Waals surface area (Å²) in [6.45, 7) is 5.37. The number of nitrogens with one attached hydrogen (secondary N) is 1. The lowest BCUT2D eigenvalue weighted by Gasteiger charge is -2.18. The first-order chi connectivity index (χ1) is 14.1. The third kappa shape index (κ3) is 2.39. The summed E-state index contributed by atoms with van der Waals surface area (Å²) < 4.78 is 2.97. The number of thiazole rings is 1. The van der Waals surface area contributed by atoms with Gasteiger partial charge in [0.15, 0.2) is 11.4 Å². The Balaban J connectivity index is 1.65. The van der Waals surface area contributed by atoms with E-state index < -0.39 is 0 Å². The van der Waals surface area contributed by atoms with E-state index in [2.05, 4.69) is 15.2 Å². The van der Waals surface area contributed by atoms with E-state index in [4.69, 9.17) is 4.98 Å². The van der Waals surface area contributed by atoms with Crippen LogP contribution in [-0.2, 0) is 0 Å². The highest BCUT2D eigenvalue weighted by Crippen LogP contribution is 2.32. The van der Waals surface area contributed by atoms with Crippen molar-refractivity contribution in [3.05, 3.63) is 46.2 Å². The molecule has 2 saturated heterocycles.